The van der Waals surface area contributed by atoms with Gasteiger partial charge in [0.15, 0.2) is 0 Å². The maximum atomic E-state index is 2.43. The Morgan fingerprint density at radius 2 is 1.13 bits per heavy atom. The molecule has 0 heterocycles. The predicted molar refractivity (Wildman–Crippen MR) is 71.1 cm³/mol. The lowest BCUT2D eigenvalue weighted by atomic mass is 9.81. The second-order valence-electron chi connectivity index (χ2n) is 5.49. The van der Waals surface area contributed by atoms with Crippen LogP contribution in [-0.2, 0) is 0 Å². The zero-order valence-electron chi connectivity index (χ0n) is 11.8. The standard InChI is InChI=1S/C15H32/c1-7-12(4)14(6)10-11-15(9-3)13(5)8-2/h12-15H,7-11H2,1-6H3. The highest BCUT2D eigenvalue weighted by Gasteiger charge is 2.16. The molecule has 0 bridgehead atoms. The minimum Gasteiger partial charge on any atom is -0.0651 e. The molecule has 0 N–H and O–H groups in total. The fourth-order valence-corrected chi connectivity index (χ4v) is 2.39. The van der Waals surface area contributed by atoms with Crippen molar-refractivity contribution in [3.05, 3.63) is 0 Å². The summed E-state index contributed by atoms with van der Waals surface area (Å²) in [5, 5.41) is 0. The van der Waals surface area contributed by atoms with Crippen LogP contribution in [0.1, 0.15) is 73.6 Å². The van der Waals surface area contributed by atoms with Crippen LogP contribution in [-0.4, -0.2) is 0 Å². The molecule has 0 nitrogen and oxygen atoms in total. The Bertz CT molecular complexity index is 139. The van der Waals surface area contributed by atoms with Crippen LogP contribution in [0.15, 0.2) is 0 Å². The molecule has 15 heavy (non-hydrogen) atoms. The van der Waals surface area contributed by atoms with Gasteiger partial charge in [-0.15, -0.1) is 0 Å². The zero-order chi connectivity index (χ0) is 11.8. The summed E-state index contributed by atoms with van der Waals surface area (Å²) in [6.07, 6.45) is 6.91. The van der Waals surface area contributed by atoms with Crippen molar-refractivity contribution < 1.29 is 0 Å². The topological polar surface area (TPSA) is 0 Å². The summed E-state index contributed by atoms with van der Waals surface area (Å²) < 4.78 is 0. The van der Waals surface area contributed by atoms with Gasteiger partial charge in [0.2, 0.25) is 0 Å². The molecule has 0 aromatic heterocycles. The normalized spacial score (nSPS) is 19.6. The van der Waals surface area contributed by atoms with Crippen molar-refractivity contribution in [3.63, 3.8) is 0 Å². The summed E-state index contributed by atoms with van der Waals surface area (Å²) in [6.45, 7) is 14.2. The average Bonchev–Trinajstić information content (AvgIpc) is 2.27. The Balaban J connectivity index is 3.89. The second kappa shape index (κ2) is 8.19. The van der Waals surface area contributed by atoms with E-state index in [0.29, 0.717) is 0 Å². The van der Waals surface area contributed by atoms with E-state index in [2.05, 4.69) is 41.5 Å². The Kier molecular flexibility index (Phi) is 8.19. The highest BCUT2D eigenvalue weighted by atomic mass is 14.2. The molecular formula is C15H32. The van der Waals surface area contributed by atoms with Gasteiger partial charge in [0.05, 0.1) is 0 Å². The zero-order valence-corrected chi connectivity index (χ0v) is 11.8. The molecule has 0 aromatic rings. The van der Waals surface area contributed by atoms with Crippen molar-refractivity contribution in [2.45, 2.75) is 73.6 Å². The van der Waals surface area contributed by atoms with Gasteiger partial charge in [-0.25, -0.2) is 0 Å². The van der Waals surface area contributed by atoms with Gasteiger partial charge in [-0.3, -0.25) is 0 Å². The maximum Gasteiger partial charge on any atom is -0.0391 e. The second-order valence-corrected chi connectivity index (χ2v) is 5.49. The van der Waals surface area contributed by atoms with Crippen LogP contribution in [0, 0.1) is 23.7 Å². The van der Waals surface area contributed by atoms with Crippen LogP contribution in [0.3, 0.4) is 0 Å². The molecule has 92 valence electrons. The summed E-state index contributed by atoms with van der Waals surface area (Å²) in [6, 6.07) is 0. The molecule has 0 aliphatic rings. The quantitative estimate of drug-likeness (QED) is 0.497. The van der Waals surface area contributed by atoms with Gasteiger partial charge in [0.1, 0.15) is 0 Å². The Morgan fingerprint density at radius 3 is 1.53 bits per heavy atom. The summed E-state index contributed by atoms with van der Waals surface area (Å²) in [5.74, 6) is 3.69. The van der Waals surface area contributed by atoms with E-state index in [0.717, 1.165) is 23.7 Å². The first-order valence-corrected chi connectivity index (χ1v) is 7.06. The highest BCUT2D eigenvalue weighted by Crippen LogP contribution is 2.28. The van der Waals surface area contributed by atoms with E-state index in [1.165, 1.54) is 32.1 Å². The minimum absolute atomic E-state index is 0.902. The molecule has 0 aliphatic heterocycles. The molecule has 0 amide bonds. The van der Waals surface area contributed by atoms with Crippen molar-refractivity contribution in [2.24, 2.45) is 23.7 Å². The fraction of sp³-hybridized carbons (Fsp3) is 1.00. The third kappa shape index (κ3) is 5.58. The molecule has 0 spiro atoms. The van der Waals surface area contributed by atoms with Crippen LogP contribution < -0.4 is 0 Å². The van der Waals surface area contributed by atoms with Crippen LogP contribution in [0.25, 0.3) is 0 Å². The third-order valence-corrected chi connectivity index (χ3v) is 4.58. The maximum absolute atomic E-state index is 2.43. The highest BCUT2D eigenvalue weighted by molar-refractivity contribution is 4.68. The van der Waals surface area contributed by atoms with Gasteiger partial charge in [0, 0.05) is 0 Å². The molecule has 0 fully saturated rings. The number of hydrogen-bond donors (Lipinski definition) is 0. The third-order valence-electron chi connectivity index (χ3n) is 4.58. The molecule has 0 rings (SSSR count). The smallest absolute Gasteiger partial charge is 0.0391 e. The van der Waals surface area contributed by atoms with Gasteiger partial charge in [-0.05, 0) is 30.1 Å². The number of hydrogen-bond acceptors (Lipinski definition) is 0. The van der Waals surface area contributed by atoms with Crippen molar-refractivity contribution in [1.29, 1.82) is 0 Å². The van der Waals surface area contributed by atoms with Gasteiger partial charge >= 0.3 is 0 Å². The molecule has 0 aliphatic carbocycles. The molecule has 0 aromatic carbocycles. The van der Waals surface area contributed by atoms with E-state index in [4.69, 9.17) is 0 Å². The van der Waals surface area contributed by atoms with E-state index in [9.17, 15) is 0 Å². The summed E-state index contributed by atoms with van der Waals surface area (Å²) in [4.78, 5) is 0. The first-order chi connectivity index (χ1) is 7.06. The van der Waals surface area contributed by atoms with Crippen molar-refractivity contribution in [2.75, 3.05) is 0 Å². The lowest BCUT2D eigenvalue weighted by molar-refractivity contribution is 0.264. The molecule has 0 radical (unpaired) electrons. The Labute approximate surface area is 97.8 Å². The summed E-state index contributed by atoms with van der Waals surface area (Å²) in [5.41, 5.74) is 0. The molecule has 4 atom stereocenters. The molecule has 4 unspecified atom stereocenters. The van der Waals surface area contributed by atoms with Crippen LogP contribution in [0.5, 0.6) is 0 Å². The minimum atomic E-state index is 0.902. The summed E-state index contributed by atoms with van der Waals surface area (Å²) in [7, 11) is 0. The summed E-state index contributed by atoms with van der Waals surface area (Å²) >= 11 is 0. The van der Waals surface area contributed by atoms with Crippen LogP contribution in [0.2, 0.25) is 0 Å². The molecular weight excluding hydrogens is 180 g/mol. The lowest BCUT2D eigenvalue weighted by Crippen LogP contribution is -2.14. The first kappa shape index (κ1) is 15.0. The van der Waals surface area contributed by atoms with E-state index in [1.807, 2.05) is 0 Å². The molecule has 0 saturated heterocycles. The predicted octanol–water partition coefficient (Wildman–Crippen LogP) is 5.52. The first-order valence-electron chi connectivity index (χ1n) is 7.06. The van der Waals surface area contributed by atoms with Crippen LogP contribution in [0.4, 0.5) is 0 Å². The van der Waals surface area contributed by atoms with E-state index >= 15 is 0 Å². The van der Waals surface area contributed by atoms with Crippen molar-refractivity contribution in [1.82, 2.24) is 0 Å². The Hall–Kier alpha value is 0. The van der Waals surface area contributed by atoms with Gasteiger partial charge < -0.3 is 0 Å². The molecule has 0 saturated carbocycles. The van der Waals surface area contributed by atoms with Gasteiger partial charge in [-0.1, -0.05) is 67.2 Å². The lowest BCUT2D eigenvalue weighted by Gasteiger charge is -2.25. The van der Waals surface area contributed by atoms with Gasteiger partial charge in [0.25, 0.3) is 0 Å². The Morgan fingerprint density at radius 1 is 0.600 bits per heavy atom. The average molecular weight is 212 g/mol. The SMILES string of the molecule is CCC(C)C(C)CCC(CC)C(C)CC. The van der Waals surface area contributed by atoms with Crippen LogP contribution >= 0.6 is 0 Å². The largest absolute Gasteiger partial charge is 0.0651 e. The monoisotopic (exact) mass is 212 g/mol. The van der Waals surface area contributed by atoms with E-state index < -0.39 is 0 Å². The van der Waals surface area contributed by atoms with Crippen molar-refractivity contribution >= 4 is 0 Å². The fourth-order valence-electron chi connectivity index (χ4n) is 2.39. The van der Waals surface area contributed by atoms with E-state index in [1.54, 1.807) is 0 Å². The molecule has 0 heteroatoms. The van der Waals surface area contributed by atoms with E-state index in [-0.39, 0.29) is 0 Å². The van der Waals surface area contributed by atoms with Gasteiger partial charge in [-0.2, -0.15) is 0 Å². The van der Waals surface area contributed by atoms with Crippen molar-refractivity contribution in [3.8, 4) is 0 Å². The number of rotatable bonds is 8.